The van der Waals surface area contributed by atoms with Crippen LogP contribution in [-0.2, 0) is 14.2 Å². The molecule has 0 bridgehead atoms. The van der Waals surface area contributed by atoms with Crippen molar-refractivity contribution in [1.29, 1.82) is 0 Å². The first-order valence-electron chi connectivity index (χ1n) is 11.7. The summed E-state index contributed by atoms with van der Waals surface area (Å²) in [6, 6.07) is 3.17. The third kappa shape index (κ3) is 6.43. The fourth-order valence-corrected chi connectivity index (χ4v) is 3.79. The summed E-state index contributed by atoms with van der Waals surface area (Å²) >= 11 is 0. The minimum atomic E-state index is -0.692. The summed E-state index contributed by atoms with van der Waals surface area (Å²) in [6.45, 7) is 13.5. The molecule has 0 N–H and O–H groups in total. The van der Waals surface area contributed by atoms with Crippen LogP contribution >= 0.6 is 0 Å². The van der Waals surface area contributed by atoms with Gasteiger partial charge in [0.25, 0.3) is 0 Å². The van der Waals surface area contributed by atoms with Crippen molar-refractivity contribution in [3.05, 3.63) is 23.5 Å². The fraction of sp³-hybridized carbons (Fsp3) is 0.600. The Morgan fingerprint density at radius 1 is 0.943 bits per heavy atom. The highest BCUT2D eigenvalue weighted by Gasteiger charge is 2.30. The van der Waals surface area contributed by atoms with E-state index in [4.69, 9.17) is 18.9 Å². The number of nitrogens with zero attached hydrogens (tertiary/aromatic N) is 3. The van der Waals surface area contributed by atoms with Gasteiger partial charge in [0.05, 0.1) is 18.1 Å². The van der Waals surface area contributed by atoms with E-state index in [9.17, 15) is 14.4 Å². The molecule has 1 aromatic carbocycles. The van der Waals surface area contributed by atoms with Crippen LogP contribution < -0.4 is 4.74 Å². The molecule has 0 spiro atoms. The first kappa shape index (κ1) is 26.3. The number of fused-ring (bicyclic) bond motifs is 1. The minimum absolute atomic E-state index is 0.180. The molecule has 1 aliphatic rings. The number of piperidine rings is 1. The molecule has 0 radical (unpaired) electrons. The number of imidazole rings is 1. The second-order valence-corrected chi connectivity index (χ2v) is 10.6. The topological polar surface area (TPSA) is 109 Å². The van der Waals surface area contributed by atoms with Gasteiger partial charge in [-0.3, -0.25) is 0 Å². The van der Waals surface area contributed by atoms with Gasteiger partial charge in [-0.15, -0.1) is 0 Å². The molecule has 35 heavy (non-hydrogen) atoms. The zero-order valence-electron chi connectivity index (χ0n) is 21.8. The molecule has 1 fully saturated rings. The van der Waals surface area contributed by atoms with Crippen molar-refractivity contribution in [2.24, 2.45) is 0 Å². The van der Waals surface area contributed by atoms with Crippen molar-refractivity contribution in [1.82, 2.24) is 14.5 Å². The van der Waals surface area contributed by atoms with Crippen LogP contribution in [0.4, 0.5) is 9.59 Å². The summed E-state index contributed by atoms with van der Waals surface area (Å²) in [5.41, 5.74) is -0.163. The summed E-state index contributed by atoms with van der Waals surface area (Å²) in [7, 11) is 1.28. The van der Waals surface area contributed by atoms with Crippen LogP contribution in [0.15, 0.2) is 12.1 Å². The number of likely N-dealkylation sites (tertiary alicyclic amines) is 1. The molecule has 0 saturated carbocycles. The van der Waals surface area contributed by atoms with Gasteiger partial charge in [-0.1, -0.05) is 0 Å². The number of methoxy groups -OCH3 is 1. The van der Waals surface area contributed by atoms with Crippen LogP contribution in [0.1, 0.15) is 70.6 Å². The predicted octanol–water partition coefficient (Wildman–Crippen LogP) is 4.69. The van der Waals surface area contributed by atoms with E-state index in [0.717, 1.165) is 0 Å². The first-order chi connectivity index (χ1) is 16.2. The Morgan fingerprint density at radius 2 is 1.51 bits per heavy atom. The first-order valence-corrected chi connectivity index (χ1v) is 11.7. The normalized spacial score (nSPS) is 15.1. The smallest absolute Gasteiger partial charge is 0.420 e. The van der Waals surface area contributed by atoms with Gasteiger partial charge in [0.15, 0.2) is 0 Å². The quantitative estimate of drug-likeness (QED) is 0.451. The van der Waals surface area contributed by atoms with Crippen LogP contribution in [0.5, 0.6) is 5.75 Å². The van der Waals surface area contributed by atoms with Crippen molar-refractivity contribution in [3.8, 4) is 5.75 Å². The number of carbonyl (C=O) groups is 3. The van der Waals surface area contributed by atoms with Crippen molar-refractivity contribution in [3.63, 3.8) is 0 Å². The second kappa shape index (κ2) is 9.75. The number of aryl methyl sites for hydroxylation is 1. The lowest BCUT2D eigenvalue weighted by Crippen LogP contribution is -2.44. The second-order valence-electron chi connectivity index (χ2n) is 10.6. The average molecular weight is 490 g/mol. The van der Waals surface area contributed by atoms with E-state index in [1.165, 1.54) is 17.7 Å². The molecule has 1 saturated heterocycles. The molecule has 10 nitrogen and oxygen atoms in total. The van der Waals surface area contributed by atoms with Gasteiger partial charge in [-0.25, -0.2) is 23.9 Å². The summed E-state index contributed by atoms with van der Waals surface area (Å²) in [5, 5.41) is 0. The Labute approximate surface area is 205 Å². The van der Waals surface area contributed by atoms with E-state index in [0.29, 0.717) is 48.5 Å². The molecule has 0 aliphatic carbocycles. The number of esters is 1. The van der Waals surface area contributed by atoms with Gasteiger partial charge in [-0.2, -0.15) is 0 Å². The van der Waals surface area contributed by atoms with E-state index < -0.39 is 23.3 Å². The van der Waals surface area contributed by atoms with Crippen LogP contribution in [0.3, 0.4) is 0 Å². The standard InChI is InChI=1S/C25H35N3O7/c1-15-26-18-14-20(33-16-9-11-27(12-10-16)22(30)34-24(2,3)4)17(21(29)32-8)13-19(18)28(15)23(31)35-25(5,6)7/h13-14,16H,9-12H2,1-8H3. The third-order valence-electron chi connectivity index (χ3n) is 5.29. The number of hydrogen-bond acceptors (Lipinski definition) is 8. The van der Waals surface area contributed by atoms with Gasteiger partial charge in [0, 0.05) is 32.0 Å². The number of rotatable bonds is 3. The number of amides is 1. The number of benzene rings is 1. The summed E-state index contributed by atoms with van der Waals surface area (Å²) in [4.78, 5) is 43.9. The molecular formula is C25H35N3O7. The Bertz CT molecular complexity index is 1120. The Kier molecular flexibility index (Phi) is 7.33. The molecular weight excluding hydrogens is 454 g/mol. The largest absolute Gasteiger partial charge is 0.489 e. The van der Waals surface area contributed by atoms with Gasteiger partial charge in [0.2, 0.25) is 0 Å². The number of ether oxygens (including phenoxy) is 4. The van der Waals surface area contributed by atoms with Crippen LogP contribution in [0.25, 0.3) is 11.0 Å². The van der Waals surface area contributed by atoms with E-state index in [1.807, 2.05) is 20.8 Å². The number of aromatic nitrogens is 2. The van der Waals surface area contributed by atoms with E-state index in [1.54, 1.807) is 38.7 Å². The molecule has 2 aromatic rings. The molecule has 0 atom stereocenters. The van der Waals surface area contributed by atoms with Crippen LogP contribution in [-0.4, -0.2) is 70.1 Å². The maximum Gasteiger partial charge on any atom is 0.420 e. The number of carbonyl (C=O) groups excluding carboxylic acids is 3. The maximum absolute atomic E-state index is 12.8. The third-order valence-corrected chi connectivity index (χ3v) is 5.29. The molecule has 0 unspecified atom stereocenters. The van der Waals surface area contributed by atoms with Crippen molar-refractivity contribution >= 4 is 29.2 Å². The van der Waals surface area contributed by atoms with E-state index >= 15 is 0 Å². The Balaban J connectivity index is 1.84. The molecule has 10 heteroatoms. The average Bonchev–Trinajstić information content (AvgIpc) is 3.05. The van der Waals surface area contributed by atoms with Crippen LogP contribution in [0.2, 0.25) is 0 Å². The van der Waals surface area contributed by atoms with Gasteiger partial charge in [-0.05, 0) is 54.5 Å². The molecule has 1 aliphatic heterocycles. The maximum atomic E-state index is 12.8. The lowest BCUT2D eigenvalue weighted by molar-refractivity contribution is 0.0125. The molecule has 3 rings (SSSR count). The molecule has 1 amide bonds. The SMILES string of the molecule is COC(=O)c1cc2c(cc1OC1CCN(C(=O)OC(C)(C)C)CC1)nc(C)n2C(=O)OC(C)(C)C. The minimum Gasteiger partial charge on any atom is -0.489 e. The summed E-state index contributed by atoms with van der Waals surface area (Å²) in [5.74, 6) is 0.143. The number of hydrogen-bond donors (Lipinski definition) is 0. The highest BCUT2D eigenvalue weighted by Crippen LogP contribution is 2.30. The highest BCUT2D eigenvalue weighted by atomic mass is 16.6. The van der Waals surface area contributed by atoms with Crippen molar-refractivity contribution in [2.75, 3.05) is 20.2 Å². The van der Waals surface area contributed by atoms with Gasteiger partial charge in [0.1, 0.15) is 34.4 Å². The Morgan fingerprint density at radius 3 is 2.06 bits per heavy atom. The van der Waals surface area contributed by atoms with Crippen LogP contribution in [0, 0.1) is 6.92 Å². The summed E-state index contributed by atoms with van der Waals surface area (Å²) < 4.78 is 23.4. The lowest BCUT2D eigenvalue weighted by Gasteiger charge is -2.33. The summed E-state index contributed by atoms with van der Waals surface area (Å²) in [6.07, 6.45) is -0.0112. The van der Waals surface area contributed by atoms with E-state index in [-0.39, 0.29) is 17.8 Å². The zero-order chi connectivity index (χ0) is 26.1. The van der Waals surface area contributed by atoms with Crippen molar-refractivity contribution < 1.29 is 33.3 Å². The van der Waals surface area contributed by atoms with E-state index in [2.05, 4.69) is 4.98 Å². The Hall–Kier alpha value is -3.30. The van der Waals surface area contributed by atoms with Gasteiger partial charge >= 0.3 is 18.2 Å². The molecule has 192 valence electrons. The zero-order valence-corrected chi connectivity index (χ0v) is 21.8. The lowest BCUT2D eigenvalue weighted by atomic mass is 10.1. The molecule has 2 heterocycles. The molecule has 1 aromatic heterocycles. The fourth-order valence-electron chi connectivity index (χ4n) is 3.79. The monoisotopic (exact) mass is 489 g/mol. The highest BCUT2D eigenvalue weighted by molar-refractivity contribution is 5.99. The van der Waals surface area contributed by atoms with Gasteiger partial charge < -0.3 is 23.8 Å². The van der Waals surface area contributed by atoms with Crippen molar-refractivity contribution in [2.45, 2.75) is 78.6 Å². The predicted molar refractivity (Wildman–Crippen MR) is 129 cm³/mol.